The van der Waals surface area contributed by atoms with Gasteiger partial charge >= 0.3 is 0 Å². The molecule has 1 aromatic rings. The third-order valence-corrected chi connectivity index (χ3v) is 6.26. The highest BCUT2D eigenvalue weighted by atomic mass is 35.5. The number of nitrogens with zero attached hydrogens (tertiary/aromatic N) is 1. The van der Waals surface area contributed by atoms with Crippen LogP contribution < -0.4 is 5.32 Å². The predicted molar refractivity (Wildman–Crippen MR) is 81.4 cm³/mol. The zero-order chi connectivity index (χ0) is 14.8. The van der Waals surface area contributed by atoms with Crippen molar-refractivity contribution in [1.82, 2.24) is 9.62 Å². The third-order valence-electron chi connectivity index (χ3n) is 3.87. The van der Waals surface area contributed by atoms with Gasteiger partial charge in [-0.15, -0.1) is 0 Å². The van der Waals surface area contributed by atoms with Gasteiger partial charge < -0.3 is 5.32 Å². The molecular weight excluding hydrogens is 296 g/mol. The lowest BCUT2D eigenvalue weighted by molar-refractivity contribution is 0.373. The van der Waals surface area contributed by atoms with Crippen molar-refractivity contribution in [2.75, 3.05) is 14.1 Å². The fourth-order valence-corrected chi connectivity index (χ4v) is 4.62. The van der Waals surface area contributed by atoms with Gasteiger partial charge in [-0.3, -0.25) is 0 Å². The Morgan fingerprint density at radius 1 is 1.35 bits per heavy atom. The highest BCUT2D eigenvalue weighted by Gasteiger charge is 2.31. The van der Waals surface area contributed by atoms with Gasteiger partial charge in [0.1, 0.15) is 4.90 Å². The molecular formula is C14H21ClN2O2S. The first kappa shape index (κ1) is 15.8. The molecule has 1 N–H and O–H groups in total. The molecule has 0 aliphatic heterocycles. The van der Waals surface area contributed by atoms with E-state index in [1.165, 1.54) is 4.31 Å². The van der Waals surface area contributed by atoms with Crippen LogP contribution in [0.5, 0.6) is 0 Å². The Morgan fingerprint density at radius 2 is 2.00 bits per heavy atom. The number of rotatable bonds is 5. The molecule has 4 nitrogen and oxygen atoms in total. The largest absolute Gasteiger partial charge is 0.316 e. The molecule has 112 valence electrons. The molecule has 1 fully saturated rings. The molecule has 0 saturated heterocycles. The number of nitrogens with one attached hydrogen (secondary N) is 1. The van der Waals surface area contributed by atoms with Gasteiger partial charge in [-0.05, 0) is 37.6 Å². The van der Waals surface area contributed by atoms with Gasteiger partial charge in [0, 0.05) is 19.6 Å². The molecule has 0 bridgehead atoms. The average Bonchev–Trinajstić information content (AvgIpc) is 2.94. The quantitative estimate of drug-likeness (QED) is 0.908. The van der Waals surface area contributed by atoms with E-state index in [-0.39, 0.29) is 16.0 Å². The molecule has 0 atom stereocenters. The summed E-state index contributed by atoms with van der Waals surface area (Å²) in [5.41, 5.74) is 0.912. The van der Waals surface area contributed by atoms with E-state index in [9.17, 15) is 8.42 Å². The summed E-state index contributed by atoms with van der Waals surface area (Å²) in [4.78, 5) is 0.210. The summed E-state index contributed by atoms with van der Waals surface area (Å²) in [6, 6.07) is 5.26. The van der Waals surface area contributed by atoms with Gasteiger partial charge in [0.2, 0.25) is 10.0 Å². The Kier molecular flexibility index (Phi) is 5.07. The third kappa shape index (κ3) is 3.17. The van der Waals surface area contributed by atoms with Crippen LogP contribution in [-0.4, -0.2) is 32.9 Å². The van der Waals surface area contributed by atoms with Gasteiger partial charge in [-0.1, -0.05) is 30.5 Å². The summed E-state index contributed by atoms with van der Waals surface area (Å²) in [5, 5.41) is 3.30. The normalized spacial score (nSPS) is 17.0. The van der Waals surface area contributed by atoms with Crippen molar-refractivity contribution in [2.24, 2.45) is 0 Å². The van der Waals surface area contributed by atoms with Crippen LogP contribution in [0.1, 0.15) is 31.2 Å². The summed E-state index contributed by atoms with van der Waals surface area (Å²) in [5.74, 6) is 0. The van der Waals surface area contributed by atoms with Gasteiger partial charge in [0.25, 0.3) is 0 Å². The van der Waals surface area contributed by atoms with Crippen molar-refractivity contribution in [3.63, 3.8) is 0 Å². The molecule has 0 unspecified atom stereocenters. The standard InChI is InChI=1S/C14H21ClN2O2S/c1-16-10-11-7-8-13(15)14(9-11)20(18,19)17(2)12-5-3-4-6-12/h7-9,12,16H,3-6,10H2,1-2H3. The summed E-state index contributed by atoms with van der Waals surface area (Å²) in [6.07, 6.45) is 4.06. The van der Waals surface area contributed by atoms with Crippen LogP contribution in [0, 0.1) is 0 Å². The van der Waals surface area contributed by atoms with Crippen molar-refractivity contribution in [2.45, 2.75) is 43.2 Å². The SMILES string of the molecule is CNCc1ccc(Cl)c(S(=O)(=O)N(C)C2CCCC2)c1. The molecule has 0 aromatic heterocycles. The number of benzene rings is 1. The number of hydrogen-bond acceptors (Lipinski definition) is 3. The van der Waals surface area contributed by atoms with Crippen LogP contribution in [0.25, 0.3) is 0 Å². The van der Waals surface area contributed by atoms with E-state index in [0.717, 1.165) is 31.2 Å². The van der Waals surface area contributed by atoms with Crippen molar-refractivity contribution in [3.8, 4) is 0 Å². The first-order valence-electron chi connectivity index (χ1n) is 6.88. The molecule has 0 heterocycles. The second-order valence-electron chi connectivity index (χ2n) is 5.25. The second-order valence-corrected chi connectivity index (χ2v) is 7.63. The summed E-state index contributed by atoms with van der Waals surface area (Å²) in [7, 11) is -0.0343. The van der Waals surface area contributed by atoms with Crippen LogP contribution in [0.15, 0.2) is 23.1 Å². The van der Waals surface area contributed by atoms with E-state index in [2.05, 4.69) is 5.32 Å². The van der Waals surface area contributed by atoms with Crippen molar-refractivity contribution < 1.29 is 8.42 Å². The van der Waals surface area contributed by atoms with Gasteiger partial charge in [-0.25, -0.2) is 8.42 Å². The van der Waals surface area contributed by atoms with Crippen molar-refractivity contribution in [3.05, 3.63) is 28.8 Å². The first-order valence-corrected chi connectivity index (χ1v) is 8.69. The monoisotopic (exact) mass is 316 g/mol. The topological polar surface area (TPSA) is 49.4 Å². The predicted octanol–water partition coefficient (Wildman–Crippen LogP) is 2.62. The van der Waals surface area contributed by atoms with Crippen LogP contribution in [-0.2, 0) is 16.6 Å². The Hall–Kier alpha value is -0.620. The molecule has 6 heteroatoms. The van der Waals surface area contributed by atoms with E-state index < -0.39 is 10.0 Å². The lowest BCUT2D eigenvalue weighted by Gasteiger charge is -2.24. The molecule has 1 aromatic carbocycles. The highest BCUT2D eigenvalue weighted by Crippen LogP contribution is 2.30. The van der Waals surface area contributed by atoms with Crippen LogP contribution in [0.3, 0.4) is 0 Å². The Labute approximate surface area is 126 Å². The van der Waals surface area contributed by atoms with E-state index in [1.807, 2.05) is 13.1 Å². The second kappa shape index (κ2) is 6.43. The average molecular weight is 317 g/mol. The number of hydrogen-bond donors (Lipinski definition) is 1. The zero-order valence-electron chi connectivity index (χ0n) is 11.9. The molecule has 0 amide bonds. The van der Waals surface area contributed by atoms with Crippen molar-refractivity contribution >= 4 is 21.6 Å². The zero-order valence-corrected chi connectivity index (χ0v) is 13.5. The van der Waals surface area contributed by atoms with Gasteiger partial charge in [-0.2, -0.15) is 4.31 Å². The maximum atomic E-state index is 12.7. The summed E-state index contributed by atoms with van der Waals surface area (Å²) in [6.45, 7) is 0.618. The molecule has 2 rings (SSSR count). The maximum Gasteiger partial charge on any atom is 0.244 e. The minimum absolute atomic E-state index is 0.101. The fraction of sp³-hybridized carbons (Fsp3) is 0.571. The van der Waals surface area contributed by atoms with Crippen LogP contribution in [0.4, 0.5) is 0 Å². The number of sulfonamides is 1. The van der Waals surface area contributed by atoms with Crippen molar-refractivity contribution in [1.29, 1.82) is 0 Å². The first-order chi connectivity index (χ1) is 9.46. The summed E-state index contributed by atoms with van der Waals surface area (Å²) >= 11 is 6.11. The Bertz CT molecular complexity index is 569. The minimum Gasteiger partial charge on any atom is -0.316 e. The Balaban J connectivity index is 2.34. The molecule has 1 aliphatic rings. The Morgan fingerprint density at radius 3 is 2.60 bits per heavy atom. The maximum absolute atomic E-state index is 12.7. The summed E-state index contributed by atoms with van der Waals surface area (Å²) < 4.78 is 26.9. The minimum atomic E-state index is -3.52. The molecule has 20 heavy (non-hydrogen) atoms. The molecule has 1 aliphatic carbocycles. The van der Waals surface area contributed by atoms with E-state index in [0.29, 0.717) is 6.54 Å². The van der Waals surface area contributed by atoms with Gasteiger partial charge in [0.15, 0.2) is 0 Å². The molecule has 0 spiro atoms. The van der Waals surface area contributed by atoms with E-state index >= 15 is 0 Å². The number of halogens is 1. The molecule has 1 saturated carbocycles. The molecule has 0 radical (unpaired) electrons. The van der Waals surface area contributed by atoms with Gasteiger partial charge in [0.05, 0.1) is 5.02 Å². The van der Waals surface area contributed by atoms with Crippen LogP contribution >= 0.6 is 11.6 Å². The van der Waals surface area contributed by atoms with Crippen LogP contribution in [0.2, 0.25) is 5.02 Å². The van der Waals surface area contributed by atoms with E-state index in [1.54, 1.807) is 19.2 Å². The highest BCUT2D eigenvalue weighted by molar-refractivity contribution is 7.89. The smallest absolute Gasteiger partial charge is 0.244 e. The fourth-order valence-electron chi connectivity index (χ4n) is 2.68. The lowest BCUT2D eigenvalue weighted by Crippen LogP contribution is -2.35. The van der Waals surface area contributed by atoms with E-state index in [4.69, 9.17) is 11.6 Å². The lowest BCUT2D eigenvalue weighted by atomic mass is 10.2.